The predicted octanol–water partition coefficient (Wildman–Crippen LogP) is 1.29. The van der Waals surface area contributed by atoms with Gasteiger partial charge in [-0.25, -0.2) is 0 Å². The average Bonchev–Trinajstić information content (AvgIpc) is 1.24. The van der Waals surface area contributed by atoms with Crippen LogP contribution < -0.4 is 0 Å². The summed E-state index contributed by atoms with van der Waals surface area (Å²) >= 11 is -2.11. The summed E-state index contributed by atoms with van der Waals surface area (Å²) in [5.74, 6) is 0. The standard InChI is InChI=1S/C6H22Si2Te/c1-8(2)9(3,4,5,6)7/h8H,1-7H3. The minimum absolute atomic E-state index is 0.338. The van der Waals surface area contributed by atoms with Gasteiger partial charge in [-0.05, 0) is 0 Å². The van der Waals surface area contributed by atoms with E-state index in [1.54, 1.807) is 0 Å². The maximum atomic E-state index is 2.62. The molecule has 0 unspecified atom stereocenters. The van der Waals surface area contributed by atoms with Crippen molar-refractivity contribution in [1.82, 2.24) is 0 Å². The van der Waals surface area contributed by atoms with Crippen LogP contribution in [0.2, 0.25) is 33.0 Å². The molecule has 0 nitrogen and oxygen atoms in total. The molecule has 0 aliphatic carbocycles. The molecular weight excluding hydrogens is 256 g/mol. The molecule has 0 saturated carbocycles. The first-order valence-corrected chi connectivity index (χ1v) is 27.4. The molecule has 0 N–H and O–H groups in total. The molecule has 0 aromatic carbocycles. The number of hydrogen-bond acceptors (Lipinski definition) is 0. The van der Waals surface area contributed by atoms with Crippen LogP contribution in [0, 0.1) is 0 Å². The van der Waals surface area contributed by atoms with Crippen molar-refractivity contribution in [3.8, 4) is 0 Å². The van der Waals surface area contributed by atoms with Crippen LogP contribution >= 0.6 is 0 Å². The molecule has 3 heteroatoms. The van der Waals surface area contributed by atoms with E-state index in [4.69, 9.17) is 0 Å². The summed E-state index contributed by atoms with van der Waals surface area (Å²) in [7, 11) is 1.48. The van der Waals surface area contributed by atoms with Crippen LogP contribution in [0.1, 0.15) is 0 Å². The van der Waals surface area contributed by atoms with Crippen LogP contribution in [0.15, 0.2) is 0 Å². The summed E-state index contributed by atoms with van der Waals surface area (Å²) in [5, 5.41) is 0. The van der Waals surface area contributed by atoms with Crippen LogP contribution in [0.4, 0.5) is 0 Å². The molecule has 0 aromatic rings. The van der Waals surface area contributed by atoms with E-state index in [0.29, 0.717) is 0 Å². The Bertz CT molecular complexity index is 114. The van der Waals surface area contributed by atoms with E-state index in [9.17, 15) is 0 Å². The van der Waals surface area contributed by atoms with Crippen molar-refractivity contribution in [2.24, 2.45) is 0 Å². The van der Waals surface area contributed by atoms with Crippen LogP contribution in [-0.2, 0) is 0 Å². The zero-order chi connectivity index (χ0) is 7.99. The summed E-state index contributed by atoms with van der Waals surface area (Å²) < 4.78 is 0. The van der Waals surface area contributed by atoms with Crippen molar-refractivity contribution in [3.05, 3.63) is 0 Å². The van der Waals surface area contributed by atoms with E-state index in [0.717, 1.165) is 0 Å². The Morgan fingerprint density at radius 1 is 1.00 bits per heavy atom. The third-order valence-corrected chi connectivity index (χ3v) is 66.4. The molecule has 0 spiro atoms. The summed E-state index contributed by atoms with van der Waals surface area (Å²) in [6.45, 7) is 5.05. The van der Waals surface area contributed by atoms with E-state index >= 15 is 0 Å². The molecule has 0 amide bonds. The number of rotatable bonds is 1. The van der Waals surface area contributed by atoms with Crippen molar-refractivity contribution in [2.45, 2.75) is 33.0 Å². The van der Waals surface area contributed by atoms with Gasteiger partial charge < -0.3 is 0 Å². The second kappa shape index (κ2) is 1.69. The monoisotopic (exact) mass is 280 g/mol. The SMILES string of the molecule is C[SiH](C)[Te](C)(C)(C)(C)[SiH3]. The van der Waals surface area contributed by atoms with Crippen LogP contribution in [0.5, 0.6) is 0 Å². The Labute approximate surface area is 60.8 Å². The van der Waals surface area contributed by atoms with E-state index in [-0.39, 0.29) is 6.34 Å². The van der Waals surface area contributed by atoms with Crippen molar-refractivity contribution in [1.29, 1.82) is 0 Å². The first kappa shape index (κ1) is 10.2. The molecular formula is C6H22Si2Te. The normalized spacial score (nSPS) is 21.7. The molecule has 0 bridgehead atoms. The molecule has 9 heavy (non-hydrogen) atoms. The van der Waals surface area contributed by atoms with Gasteiger partial charge in [0.05, 0.1) is 0 Å². The zero-order valence-corrected chi connectivity index (χ0v) is 13.5. The van der Waals surface area contributed by atoms with Crippen LogP contribution in [0.25, 0.3) is 0 Å². The van der Waals surface area contributed by atoms with Crippen LogP contribution in [-0.4, -0.2) is 28.0 Å². The molecule has 0 radical (unpaired) electrons. The first-order chi connectivity index (χ1) is 3.43. The van der Waals surface area contributed by atoms with Gasteiger partial charge in [-0.2, -0.15) is 0 Å². The first-order valence-electron chi connectivity index (χ1n) is 3.43. The van der Waals surface area contributed by atoms with Crippen molar-refractivity contribution in [3.63, 3.8) is 0 Å². The Morgan fingerprint density at radius 3 is 1.11 bits per heavy atom. The molecule has 0 aromatic heterocycles. The Hall–Kier alpha value is 1.22. The molecule has 0 atom stereocenters. The fourth-order valence-corrected chi connectivity index (χ4v) is 0. The third kappa shape index (κ3) is 3.82. The average molecular weight is 278 g/mol. The second-order valence-electron chi connectivity index (χ2n) is 6.31. The van der Waals surface area contributed by atoms with Gasteiger partial charge in [-0.15, -0.1) is 0 Å². The van der Waals surface area contributed by atoms with Crippen molar-refractivity contribution >= 4 is 28.0 Å². The van der Waals surface area contributed by atoms with Gasteiger partial charge in [0.2, 0.25) is 0 Å². The van der Waals surface area contributed by atoms with Crippen molar-refractivity contribution in [2.75, 3.05) is 0 Å². The maximum absolute atomic E-state index is 2.62. The fraction of sp³-hybridized carbons (Fsp3) is 1.00. The summed E-state index contributed by atoms with van der Waals surface area (Å²) in [6, 6.07) is 0. The van der Waals surface area contributed by atoms with E-state index in [1.165, 1.54) is 7.79 Å². The van der Waals surface area contributed by atoms with Crippen LogP contribution in [0.3, 0.4) is 0 Å². The topological polar surface area (TPSA) is 0 Å². The van der Waals surface area contributed by atoms with E-state index < -0.39 is 13.9 Å². The van der Waals surface area contributed by atoms with E-state index in [1.807, 2.05) is 0 Å². The Morgan fingerprint density at radius 2 is 1.11 bits per heavy atom. The molecule has 0 aliphatic heterocycles. The zero-order valence-electron chi connectivity index (χ0n) is 7.99. The molecule has 0 aliphatic rings. The van der Waals surface area contributed by atoms with Gasteiger partial charge in [-0.1, -0.05) is 0 Å². The van der Waals surface area contributed by atoms with Gasteiger partial charge in [0, 0.05) is 0 Å². The van der Waals surface area contributed by atoms with Gasteiger partial charge in [-0.3, -0.25) is 0 Å². The third-order valence-electron chi connectivity index (χ3n) is 2.36. The fourth-order valence-electron chi connectivity index (χ4n) is 0. The van der Waals surface area contributed by atoms with Gasteiger partial charge in [0.15, 0.2) is 0 Å². The van der Waals surface area contributed by atoms with Gasteiger partial charge >= 0.3 is 61.0 Å². The predicted molar refractivity (Wildman–Crippen MR) is 58.0 cm³/mol. The molecule has 0 rings (SSSR count). The summed E-state index contributed by atoms with van der Waals surface area (Å²) in [5.41, 5.74) is 0. The molecule has 0 saturated heterocycles. The van der Waals surface area contributed by atoms with E-state index in [2.05, 4.69) is 33.0 Å². The van der Waals surface area contributed by atoms with Crippen molar-refractivity contribution < 1.29 is 0 Å². The second-order valence-corrected chi connectivity index (χ2v) is 93.7. The number of hydrogen-bond donors (Lipinski definition) is 0. The summed E-state index contributed by atoms with van der Waals surface area (Å²) in [6.07, 6.45) is -0.338. The molecule has 60 valence electrons. The Balaban J connectivity index is 4.76. The quantitative estimate of drug-likeness (QED) is 0.634. The van der Waals surface area contributed by atoms with Gasteiger partial charge in [0.1, 0.15) is 0 Å². The summed E-state index contributed by atoms with van der Waals surface area (Å²) in [4.78, 5) is 10.5. The molecule has 0 heterocycles. The molecule has 0 fully saturated rings. The minimum atomic E-state index is -2.11. The Kier molecular flexibility index (Phi) is 1.92. The van der Waals surface area contributed by atoms with Gasteiger partial charge in [0.25, 0.3) is 0 Å².